The first-order valence-corrected chi connectivity index (χ1v) is 11.6. The smallest absolute Gasteiger partial charge is 1.00 e. The van der Waals surface area contributed by atoms with E-state index in [9.17, 15) is 9.90 Å². The zero-order valence-electron chi connectivity index (χ0n) is 20.3. The predicted molar refractivity (Wildman–Crippen MR) is 121 cm³/mol. The summed E-state index contributed by atoms with van der Waals surface area (Å²) in [4.78, 5) is 15.1. The fraction of sp³-hybridized carbons (Fsp3) is 0.909. The van der Waals surface area contributed by atoms with Crippen LogP contribution < -0.4 is 46.3 Å². The van der Waals surface area contributed by atoms with Crippen molar-refractivity contribution < 1.29 is 40.9 Å². The van der Waals surface area contributed by atoms with E-state index in [1.807, 2.05) is 0 Å². The number of unbranched alkanes of at least 4 members (excludes halogenated alkanes) is 13. The molecule has 6 N–H and O–H groups in total. The molecule has 1 atom stereocenters. The molecule has 0 heterocycles. The minimum Gasteiger partial charge on any atom is -1.00 e. The van der Waals surface area contributed by atoms with Crippen LogP contribution in [0.15, 0.2) is 4.99 Å². The number of guanidine groups is 1. The minimum atomic E-state index is -0.796. The van der Waals surface area contributed by atoms with Crippen LogP contribution >= 0.6 is 0 Å². The second-order valence-electron chi connectivity index (χ2n) is 7.89. The summed E-state index contributed by atoms with van der Waals surface area (Å²) in [7, 11) is 0. The molecule has 168 valence electrons. The van der Waals surface area contributed by atoms with Crippen LogP contribution in [0, 0.1) is 0 Å². The summed E-state index contributed by atoms with van der Waals surface area (Å²) < 4.78 is 0. The summed E-state index contributed by atoms with van der Waals surface area (Å²) in [5.41, 5.74) is 10.5. The monoisotopic (exact) mass is 422 g/mol. The molecule has 0 radical (unpaired) electrons. The van der Waals surface area contributed by atoms with Gasteiger partial charge in [0.2, 0.25) is 0 Å². The average Bonchev–Trinajstić information content (AvgIpc) is 2.66. The summed E-state index contributed by atoms with van der Waals surface area (Å²) in [5.74, 6) is -0.739. The summed E-state index contributed by atoms with van der Waals surface area (Å²) in [6.45, 7) is 3.51. The van der Waals surface area contributed by atoms with E-state index in [2.05, 4.69) is 17.2 Å². The van der Waals surface area contributed by atoms with Gasteiger partial charge in [-0.2, -0.15) is 0 Å². The third-order valence-corrected chi connectivity index (χ3v) is 5.16. The fourth-order valence-corrected chi connectivity index (χ4v) is 3.41. The number of nitrogens with zero attached hydrogens (tertiary/aromatic N) is 1. The molecule has 0 aliphatic rings. The van der Waals surface area contributed by atoms with Crippen LogP contribution in [0.3, 0.4) is 0 Å². The molecule has 0 aliphatic heterocycles. The van der Waals surface area contributed by atoms with Gasteiger partial charge in [-0.1, -0.05) is 90.4 Å². The maximum Gasteiger partial charge on any atom is 1.00 e. The Hall–Kier alpha value is -0.300. The minimum absolute atomic E-state index is 0. The molecule has 0 aromatic heterocycles. The molecule has 0 aliphatic carbocycles. The van der Waals surface area contributed by atoms with Gasteiger partial charge in [0, 0.05) is 6.54 Å². The van der Waals surface area contributed by atoms with E-state index in [1.54, 1.807) is 0 Å². The van der Waals surface area contributed by atoms with Gasteiger partial charge in [0.15, 0.2) is 5.96 Å². The van der Waals surface area contributed by atoms with Crippen molar-refractivity contribution in [3.63, 3.8) is 0 Å². The molecule has 0 spiro atoms. The Bertz CT molecular complexity index is 397. The van der Waals surface area contributed by atoms with Gasteiger partial charge in [0.25, 0.3) is 0 Å². The number of hydrogen-bond acceptors (Lipinski definition) is 3. The topological polar surface area (TPSA) is 114 Å². The van der Waals surface area contributed by atoms with Crippen molar-refractivity contribution in [2.24, 2.45) is 16.5 Å². The van der Waals surface area contributed by atoms with Crippen LogP contribution in [0.4, 0.5) is 0 Å². The predicted octanol–water partition coefficient (Wildman–Crippen LogP) is 1.68. The number of aliphatic carboxylic acids is 1. The average molecular weight is 423 g/mol. The molecule has 1 unspecified atom stereocenters. The zero-order valence-corrected chi connectivity index (χ0v) is 21.3. The summed E-state index contributed by atoms with van der Waals surface area (Å²) >= 11 is 0. The molecule has 0 fully saturated rings. The molecule has 0 bridgehead atoms. The molecule has 7 heteroatoms. The normalized spacial score (nSPS) is 11.6. The maximum atomic E-state index is 11.3. The van der Waals surface area contributed by atoms with Crippen molar-refractivity contribution in [2.45, 2.75) is 116 Å². The van der Waals surface area contributed by atoms with Gasteiger partial charge in [0.05, 0.1) is 0 Å². The number of hydrogen-bond donors (Lipinski definition) is 4. The first-order chi connectivity index (χ1) is 13.6. The number of rotatable bonds is 21. The molecule has 0 saturated heterocycles. The number of carboxylic acids is 1. The van der Waals surface area contributed by atoms with Gasteiger partial charge in [0.1, 0.15) is 6.04 Å². The number of nitrogens with one attached hydrogen (secondary N) is 1. The Balaban J connectivity index is -0.00000364. The Morgan fingerprint density at radius 2 is 1.31 bits per heavy atom. The van der Waals surface area contributed by atoms with E-state index < -0.39 is 12.0 Å². The standard InChI is InChI=1S/C22H46N4O2.Na.H/c1-2-3-4-5-6-7-8-9-10-11-12-13-14-15-18-25-20(21(27)28)17-16-19-26-22(23)24;;/h20,25H,2-19H2,1H3,(H,27,28)(H4,23,24,26);;/q;+1;-1. The summed E-state index contributed by atoms with van der Waals surface area (Å²) in [6.07, 6.45) is 19.8. The van der Waals surface area contributed by atoms with Crippen molar-refractivity contribution in [1.82, 2.24) is 5.32 Å². The van der Waals surface area contributed by atoms with Gasteiger partial charge < -0.3 is 23.3 Å². The van der Waals surface area contributed by atoms with Gasteiger partial charge >= 0.3 is 35.5 Å². The van der Waals surface area contributed by atoms with E-state index >= 15 is 0 Å². The molecule has 0 saturated carbocycles. The van der Waals surface area contributed by atoms with Crippen LogP contribution in [0.5, 0.6) is 0 Å². The van der Waals surface area contributed by atoms with Crippen LogP contribution in [0.25, 0.3) is 0 Å². The molecule has 0 aromatic carbocycles. The van der Waals surface area contributed by atoms with E-state index in [4.69, 9.17) is 11.5 Å². The second kappa shape index (κ2) is 24.0. The van der Waals surface area contributed by atoms with Gasteiger partial charge in [-0.3, -0.25) is 9.79 Å². The zero-order chi connectivity index (χ0) is 20.9. The molecule has 0 amide bonds. The Labute approximate surface area is 202 Å². The first-order valence-electron chi connectivity index (χ1n) is 11.6. The Morgan fingerprint density at radius 1 is 0.862 bits per heavy atom. The fourth-order valence-electron chi connectivity index (χ4n) is 3.41. The first kappa shape index (κ1) is 30.9. The van der Waals surface area contributed by atoms with Crippen LogP contribution in [0.1, 0.15) is 111 Å². The van der Waals surface area contributed by atoms with Crippen molar-refractivity contribution in [3.05, 3.63) is 0 Å². The SMILES string of the molecule is CCCCCCCCCCCCCCCCNC(CCCN=C(N)N)C(=O)O.[H-].[Na+]. The van der Waals surface area contributed by atoms with Gasteiger partial charge in [-0.15, -0.1) is 0 Å². The number of carboxylic acid groups (broad SMARTS) is 1. The Kier molecular flexibility index (Phi) is 25.5. The molecule has 0 aromatic rings. The van der Waals surface area contributed by atoms with E-state index in [0.29, 0.717) is 19.4 Å². The van der Waals surface area contributed by atoms with E-state index in [-0.39, 0.29) is 36.9 Å². The number of aliphatic imine (C=N–C) groups is 1. The third-order valence-electron chi connectivity index (χ3n) is 5.16. The molecule has 6 nitrogen and oxygen atoms in total. The van der Waals surface area contributed by atoms with Crippen LogP contribution in [0.2, 0.25) is 0 Å². The van der Waals surface area contributed by atoms with Crippen LogP contribution in [-0.4, -0.2) is 36.2 Å². The Morgan fingerprint density at radius 3 is 1.72 bits per heavy atom. The van der Waals surface area contributed by atoms with Crippen molar-refractivity contribution in [3.8, 4) is 0 Å². The number of carbonyl (C=O) groups is 1. The van der Waals surface area contributed by atoms with Crippen molar-refractivity contribution >= 4 is 11.9 Å². The summed E-state index contributed by atoms with van der Waals surface area (Å²) in [5, 5.41) is 12.4. The quantitative estimate of drug-likeness (QED) is 0.0973. The second-order valence-corrected chi connectivity index (χ2v) is 7.89. The van der Waals surface area contributed by atoms with Crippen molar-refractivity contribution in [1.29, 1.82) is 0 Å². The summed E-state index contributed by atoms with van der Waals surface area (Å²) in [6, 6.07) is -0.504. The molecular formula is C22H47N4NaO2. The third kappa shape index (κ3) is 23.8. The number of nitrogens with two attached hydrogens (primary N) is 2. The van der Waals surface area contributed by atoms with Gasteiger partial charge in [-0.05, 0) is 25.8 Å². The largest absolute Gasteiger partial charge is 1.00 e. The van der Waals surface area contributed by atoms with E-state index in [1.165, 1.54) is 83.5 Å². The van der Waals surface area contributed by atoms with Crippen molar-refractivity contribution in [2.75, 3.05) is 13.1 Å². The molecular weight excluding hydrogens is 375 g/mol. The van der Waals surface area contributed by atoms with Crippen LogP contribution in [-0.2, 0) is 4.79 Å². The van der Waals surface area contributed by atoms with Gasteiger partial charge in [-0.25, -0.2) is 0 Å². The van der Waals surface area contributed by atoms with E-state index in [0.717, 1.165) is 13.0 Å². The maximum absolute atomic E-state index is 11.3. The molecule has 29 heavy (non-hydrogen) atoms. The molecule has 0 rings (SSSR count).